The standard InChI is InChI=1S/C17H17BrN2O6/c18-14-6-5-13(26-14)16(24)19-10-3-1-9(2-4-10)17(25)20-7-11(21)15(23)12(22)8-20/h1-6,11-12,15,21-23H,7-8H2,(H,19,24)/t11-,12+,15?. The Kier molecular flexibility index (Phi) is 5.42. The number of aliphatic hydroxyl groups excluding tert-OH is 3. The predicted molar refractivity (Wildman–Crippen MR) is 94.7 cm³/mol. The van der Waals surface area contributed by atoms with E-state index >= 15 is 0 Å². The lowest BCUT2D eigenvalue weighted by atomic mass is 10.0. The summed E-state index contributed by atoms with van der Waals surface area (Å²) in [4.78, 5) is 25.8. The van der Waals surface area contributed by atoms with E-state index in [0.29, 0.717) is 15.9 Å². The summed E-state index contributed by atoms with van der Waals surface area (Å²) in [7, 11) is 0. The Labute approximate surface area is 157 Å². The summed E-state index contributed by atoms with van der Waals surface area (Å²) in [5.41, 5.74) is 0.813. The molecule has 0 radical (unpaired) electrons. The molecule has 1 saturated heterocycles. The van der Waals surface area contributed by atoms with Crippen LogP contribution in [0, 0.1) is 0 Å². The fourth-order valence-corrected chi connectivity index (χ4v) is 2.98. The first kappa shape index (κ1) is 18.6. The highest BCUT2D eigenvalue weighted by Crippen LogP contribution is 2.19. The summed E-state index contributed by atoms with van der Waals surface area (Å²) in [5, 5.41) is 31.6. The first-order chi connectivity index (χ1) is 12.3. The molecule has 2 aromatic rings. The molecule has 26 heavy (non-hydrogen) atoms. The van der Waals surface area contributed by atoms with Gasteiger partial charge in [0, 0.05) is 24.3 Å². The Hall–Kier alpha value is -2.20. The number of anilines is 1. The van der Waals surface area contributed by atoms with E-state index in [0.717, 1.165) is 0 Å². The van der Waals surface area contributed by atoms with Crippen molar-refractivity contribution in [1.82, 2.24) is 4.90 Å². The van der Waals surface area contributed by atoms with Crippen molar-refractivity contribution in [1.29, 1.82) is 0 Å². The smallest absolute Gasteiger partial charge is 0.291 e. The normalized spacial score (nSPS) is 22.9. The molecule has 2 amide bonds. The van der Waals surface area contributed by atoms with Gasteiger partial charge in [-0.25, -0.2) is 0 Å². The highest BCUT2D eigenvalue weighted by Gasteiger charge is 2.35. The SMILES string of the molecule is O=C(Nc1ccc(C(=O)N2C[C@@H](O)C(O)[C@@H](O)C2)cc1)c1ccc(Br)o1. The van der Waals surface area contributed by atoms with E-state index in [2.05, 4.69) is 21.2 Å². The lowest BCUT2D eigenvalue weighted by Crippen LogP contribution is -2.56. The monoisotopic (exact) mass is 424 g/mol. The Morgan fingerprint density at radius 3 is 2.19 bits per heavy atom. The van der Waals surface area contributed by atoms with Crippen molar-refractivity contribution in [3.8, 4) is 0 Å². The molecule has 1 unspecified atom stereocenters. The number of carbonyl (C=O) groups is 2. The van der Waals surface area contributed by atoms with Gasteiger partial charge in [0.25, 0.3) is 11.8 Å². The number of piperidine rings is 1. The average molecular weight is 425 g/mol. The highest BCUT2D eigenvalue weighted by atomic mass is 79.9. The molecule has 9 heteroatoms. The summed E-state index contributed by atoms with van der Waals surface area (Å²) >= 11 is 3.12. The molecule has 8 nitrogen and oxygen atoms in total. The van der Waals surface area contributed by atoms with Gasteiger partial charge in [0.05, 0.1) is 0 Å². The van der Waals surface area contributed by atoms with Crippen molar-refractivity contribution in [2.24, 2.45) is 0 Å². The van der Waals surface area contributed by atoms with E-state index in [9.17, 15) is 24.9 Å². The van der Waals surface area contributed by atoms with Gasteiger partial charge in [-0.3, -0.25) is 9.59 Å². The Balaban J connectivity index is 1.65. The van der Waals surface area contributed by atoms with Gasteiger partial charge < -0.3 is 30.0 Å². The minimum absolute atomic E-state index is 0.0665. The summed E-state index contributed by atoms with van der Waals surface area (Å²) in [6, 6.07) is 9.32. The highest BCUT2D eigenvalue weighted by molar-refractivity contribution is 9.10. The van der Waals surface area contributed by atoms with E-state index < -0.39 is 24.2 Å². The van der Waals surface area contributed by atoms with E-state index in [-0.39, 0.29) is 24.8 Å². The summed E-state index contributed by atoms with van der Waals surface area (Å²) < 4.78 is 5.61. The number of rotatable bonds is 3. The Bertz CT molecular complexity index is 794. The van der Waals surface area contributed by atoms with Crippen LogP contribution in [-0.2, 0) is 0 Å². The third-order valence-electron chi connectivity index (χ3n) is 4.08. The number of benzene rings is 1. The van der Waals surface area contributed by atoms with Crippen molar-refractivity contribution >= 4 is 33.4 Å². The van der Waals surface area contributed by atoms with E-state index in [1.807, 2.05) is 0 Å². The number of carbonyl (C=O) groups excluding carboxylic acids is 2. The number of furan rings is 1. The minimum Gasteiger partial charge on any atom is -0.444 e. The molecule has 0 saturated carbocycles. The maximum absolute atomic E-state index is 12.5. The topological polar surface area (TPSA) is 123 Å². The first-order valence-corrected chi connectivity index (χ1v) is 8.64. The van der Waals surface area contributed by atoms with E-state index in [1.165, 1.54) is 23.1 Å². The second-order valence-corrected chi connectivity index (χ2v) is 6.75. The summed E-state index contributed by atoms with van der Waals surface area (Å²) in [5.74, 6) is -0.666. The number of nitrogens with one attached hydrogen (secondary N) is 1. The van der Waals surface area contributed by atoms with Gasteiger partial charge >= 0.3 is 0 Å². The fourth-order valence-electron chi connectivity index (χ4n) is 2.67. The molecule has 138 valence electrons. The van der Waals surface area contributed by atoms with Crippen LogP contribution in [0.1, 0.15) is 20.9 Å². The van der Waals surface area contributed by atoms with Gasteiger partial charge in [-0.2, -0.15) is 0 Å². The van der Waals surface area contributed by atoms with E-state index in [1.54, 1.807) is 18.2 Å². The molecule has 3 rings (SSSR count). The van der Waals surface area contributed by atoms with Crippen LogP contribution in [0.3, 0.4) is 0 Å². The summed E-state index contributed by atoms with van der Waals surface area (Å²) in [6.07, 6.45) is -3.67. The van der Waals surface area contributed by atoms with Crippen LogP contribution in [0.25, 0.3) is 0 Å². The third-order valence-corrected chi connectivity index (χ3v) is 4.50. The molecule has 0 bridgehead atoms. The molecule has 1 aliphatic heterocycles. The number of likely N-dealkylation sites (tertiary alicyclic amines) is 1. The van der Waals surface area contributed by atoms with Crippen molar-refractivity contribution in [3.63, 3.8) is 0 Å². The quantitative estimate of drug-likeness (QED) is 0.578. The largest absolute Gasteiger partial charge is 0.444 e. The third kappa shape index (κ3) is 3.96. The molecule has 0 aliphatic carbocycles. The van der Waals surface area contributed by atoms with Crippen molar-refractivity contribution < 1.29 is 29.3 Å². The molecular formula is C17H17BrN2O6. The molecule has 0 spiro atoms. The van der Waals surface area contributed by atoms with Crippen LogP contribution >= 0.6 is 15.9 Å². The zero-order valence-corrected chi connectivity index (χ0v) is 15.1. The number of halogens is 1. The van der Waals surface area contributed by atoms with Gasteiger partial charge in [-0.1, -0.05) is 0 Å². The maximum Gasteiger partial charge on any atom is 0.291 e. The predicted octanol–water partition coefficient (Wildman–Crippen LogP) is 0.833. The molecule has 2 heterocycles. The second-order valence-electron chi connectivity index (χ2n) is 5.97. The fraction of sp³-hybridized carbons (Fsp3) is 0.294. The molecule has 4 N–H and O–H groups in total. The van der Waals surface area contributed by atoms with Crippen molar-refractivity contribution in [2.75, 3.05) is 18.4 Å². The van der Waals surface area contributed by atoms with Crippen LogP contribution in [0.15, 0.2) is 45.5 Å². The number of nitrogens with zero attached hydrogens (tertiary/aromatic N) is 1. The van der Waals surface area contributed by atoms with Gasteiger partial charge in [-0.05, 0) is 52.3 Å². The number of hydrogen-bond acceptors (Lipinski definition) is 6. The van der Waals surface area contributed by atoms with Crippen molar-refractivity contribution in [3.05, 3.63) is 52.4 Å². The van der Waals surface area contributed by atoms with Gasteiger partial charge in [-0.15, -0.1) is 0 Å². The van der Waals surface area contributed by atoms with Gasteiger partial charge in [0.1, 0.15) is 18.3 Å². The lowest BCUT2D eigenvalue weighted by molar-refractivity contribution is -0.101. The Morgan fingerprint density at radius 2 is 1.65 bits per heavy atom. The number of β-amino-alcohol motifs (C(OH)–C–C–N with tert-alkyl or cyclic N) is 2. The molecule has 1 fully saturated rings. The maximum atomic E-state index is 12.5. The zero-order chi connectivity index (χ0) is 18.8. The molecule has 3 atom stereocenters. The Morgan fingerprint density at radius 1 is 1.04 bits per heavy atom. The average Bonchev–Trinajstić information content (AvgIpc) is 3.06. The molecular weight excluding hydrogens is 408 g/mol. The molecule has 1 aliphatic rings. The second kappa shape index (κ2) is 7.58. The minimum atomic E-state index is -1.27. The van der Waals surface area contributed by atoms with Gasteiger partial charge in [0.2, 0.25) is 0 Å². The number of amides is 2. The van der Waals surface area contributed by atoms with Crippen LogP contribution in [0.2, 0.25) is 0 Å². The zero-order valence-electron chi connectivity index (χ0n) is 13.5. The first-order valence-electron chi connectivity index (χ1n) is 7.85. The van der Waals surface area contributed by atoms with E-state index in [4.69, 9.17) is 4.42 Å². The molecule has 1 aromatic carbocycles. The summed E-state index contributed by atoms with van der Waals surface area (Å²) in [6.45, 7) is -0.133. The number of hydrogen-bond donors (Lipinski definition) is 4. The van der Waals surface area contributed by atoms with Crippen LogP contribution in [0.4, 0.5) is 5.69 Å². The lowest BCUT2D eigenvalue weighted by Gasteiger charge is -2.36. The van der Waals surface area contributed by atoms with Crippen molar-refractivity contribution in [2.45, 2.75) is 18.3 Å². The van der Waals surface area contributed by atoms with Crippen LogP contribution in [-0.4, -0.2) is 63.4 Å². The molecule has 1 aromatic heterocycles. The van der Waals surface area contributed by atoms with Crippen LogP contribution < -0.4 is 5.32 Å². The van der Waals surface area contributed by atoms with Gasteiger partial charge in [0.15, 0.2) is 10.4 Å². The number of aliphatic hydroxyl groups is 3. The van der Waals surface area contributed by atoms with Crippen LogP contribution in [0.5, 0.6) is 0 Å².